The highest BCUT2D eigenvalue weighted by molar-refractivity contribution is 5.80. The van der Waals surface area contributed by atoms with Gasteiger partial charge in [-0.15, -0.1) is 0 Å². The third kappa shape index (κ3) is 4.77. The molecule has 0 aliphatic heterocycles. The van der Waals surface area contributed by atoms with Gasteiger partial charge in [0.15, 0.2) is 0 Å². The molecule has 3 unspecified atom stereocenters. The molecule has 1 saturated carbocycles. The van der Waals surface area contributed by atoms with E-state index in [-0.39, 0.29) is 6.54 Å². The Kier molecular flexibility index (Phi) is 5.68. The Labute approximate surface area is 108 Å². The van der Waals surface area contributed by atoms with Crippen LogP contribution >= 0.6 is 0 Å². The highest BCUT2D eigenvalue weighted by Gasteiger charge is 2.46. The SMILES string of the molecule is C/C=C\CCC1C(C)C1COC(=O)NCC(N)=O. The number of allylic oxidation sites excluding steroid dienone is 2. The van der Waals surface area contributed by atoms with Gasteiger partial charge in [-0.3, -0.25) is 4.79 Å². The normalized spacial score (nSPS) is 26.0. The van der Waals surface area contributed by atoms with Gasteiger partial charge in [0.25, 0.3) is 0 Å². The van der Waals surface area contributed by atoms with Crippen LogP contribution in [0.3, 0.4) is 0 Å². The van der Waals surface area contributed by atoms with Gasteiger partial charge >= 0.3 is 6.09 Å². The largest absolute Gasteiger partial charge is 0.449 e. The Morgan fingerprint density at radius 2 is 2.11 bits per heavy atom. The first-order valence-electron chi connectivity index (χ1n) is 6.36. The monoisotopic (exact) mass is 254 g/mol. The molecule has 3 N–H and O–H groups in total. The summed E-state index contributed by atoms with van der Waals surface area (Å²) in [6.45, 7) is 4.44. The summed E-state index contributed by atoms with van der Waals surface area (Å²) in [7, 11) is 0. The van der Waals surface area contributed by atoms with Gasteiger partial charge in [0, 0.05) is 0 Å². The minimum Gasteiger partial charge on any atom is -0.449 e. The summed E-state index contributed by atoms with van der Waals surface area (Å²) in [6, 6.07) is 0. The highest BCUT2D eigenvalue weighted by atomic mass is 16.5. The lowest BCUT2D eigenvalue weighted by molar-refractivity contribution is -0.117. The predicted molar refractivity (Wildman–Crippen MR) is 68.7 cm³/mol. The minimum atomic E-state index is -0.573. The second-order valence-corrected chi connectivity index (χ2v) is 4.75. The lowest BCUT2D eigenvalue weighted by Gasteiger charge is -2.04. The van der Waals surface area contributed by atoms with Crippen LogP contribution in [0.1, 0.15) is 26.7 Å². The maximum atomic E-state index is 11.2. The molecule has 1 rings (SSSR count). The van der Waals surface area contributed by atoms with Gasteiger partial charge in [0.1, 0.15) is 0 Å². The van der Waals surface area contributed by atoms with Gasteiger partial charge in [-0.05, 0) is 37.5 Å². The third-order valence-corrected chi connectivity index (χ3v) is 3.48. The van der Waals surface area contributed by atoms with Crippen molar-refractivity contribution in [2.24, 2.45) is 23.5 Å². The summed E-state index contributed by atoms with van der Waals surface area (Å²) < 4.78 is 5.05. The quantitative estimate of drug-likeness (QED) is 0.674. The zero-order valence-electron chi connectivity index (χ0n) is 11.0. The Hall–Kier alpha value is -1.52. The van der Waals surface area contributed by atoms with Crippen molar-refractivity contribution >= 4 is 12.0 Å². The Morgan fingerprint density at radius 3 is 2.72 bits per heavy atom. The van der Waals surface area contributed by atoms with Crippen LogP contribution in [0.2, 0.25) is 0 Å². The fourth-order valence-corrected chi connectivity index (χ4v) is 2.23. The average Bonchev–Trinajstić information content (AvgIpc) is 2.94. The maximum Gasteiger partial charge on any atom is 0.407 e. The third-order valence-electron chi connectivity index (χ3n) is 3.48. The molecule has 0 saturated heterocycles. The number of carbonyl (C=O) groups excluding carboxylic acids is 2. The van der Waals surface area contributed by atoms with Gasteiger partial charge in [-0.2, -0.15) is 0 Å². The predicted octanol–water partition coefficient (Wildman–Crippen LogP) is 1.44. The van der Waals surface area contributed by atoms with E-state index in [0.29, 0.717) is 24.4 Å². The molecule has 2 amide bonds. The fraction of sp³-hybridized carbons (Fsp3) is 0.692. The summed E-state index contributed by atoms with van der Waals surface area (Å²) in [5.41, 5.74) is 4.91. The Morgan fingerprint density at radius 1 is 1.39 bits per heavy atom. The van der Waals surface area contributed by atoms with Crippen molar-refractivity contribution in [1.29, 1.82) is 0 Å². The fourth-order valence-electron chi connectivity index (χ4n) is 2.23. The van der Waals surface area contributed by atoms with Gasteiger partial charge in [-0.1, -0.05) is 19.1 Å². The van der Waals surface area contributed by atoms with E-state index in [1.54, 1.807) is 0 Å². The average molecular weight is 254 g/mol. The molecule has 102 valence electrons. The molecule has 5 nitrogen and oxygen atoms in total. The van der Waals surface area contributed by atoms with Crippen molar-refractivity contribution in [2.45, 2.75) is 26.7 Å². The standard InChI is InChI=1S/C13H22N2O3/c1-3-4-5-6-10-9(2)11(10)8-18-13(17)15-7-12(14)16/h3-4,9-11H,5-8H2,1-2H3,(H2,14,16)(H,15,17)/b4-3-. The molecule has 1 aliphatic rings. The van der Waals surface area contributed by atoms with Crippen LogP contribution in [-0.2, 0) is 9.53 Å². The Bertz CT molecular complexity index is 328. The summed E-state index contributed by atoms with van der Waals surface area (Å²) >= 11 is 0. The minimum absolute atomic E-state index is 0.177. The Balaban J connectivity index is 2.13. The molecule has 0 spiro atoms. The van der Waals surface area contributed by atoms with E-state index in [9.17, 15) is 9.59 Å². The molecule has 3 atom stereocenters. The number of carbonyl (C=O) groups is 2. The molecule has 1 fully saturated rings. The first kappa shape index (κ1) is 14.5. The van der Waals surface area contributed by atoms with E-state index in [0.717, 1.165) is 12.8 Å². The van der Waals surface area contributed by atoms with E-state index in [1.165, 1.54) is 0 Å². The first-order valence-corrected chi connectivity index (χ1v) is 6.36. The van der Waals surface area contributed by atoms with Crippen molar-refractivity contribution in [3.05, 3.63) is 12.2 Å². The number of hydrogen-bond donors (Lipinski definition) is 2. The van der Waals surface area contributed by atoms with Crippen LogP contribution in [0.5, 0.6) is 0 Å². The molecule has 0 aromatic rings. The summed E-state index contributed by atoms with van der Waals surface area (Å²) in [4.78, 5) is 21.7. The van der Waals surface area contributed by atoms with E-state index < -0.39 is 12.0 Å². The van der Waals surface area contributed by atoms with Crippen molar-refractivity contribution in [2.75, 3.05) is 13.2 Å². The summed E-state index contributed by atoms with van der Waals surface area (Å²) in [5.74, 6) is 1.13. The van der Waals surface area contributed by atoms with Crippen molar-refractivity contribution in [3.63, 3.8) is 0 Å². The number of hydrogen-bond acceptors (Lipinski definition) is 3. The molecule has 0 aromatic heterocycles. The molecular weight excluding hydrogens is 232 g/mol. The van der Waals surface area contributed by atoms with Crippen LogP contribution in [0.25, 0.3) is 0 Å². The zero-order chi connectivity index (χ0) is 13.5. The number of amides is 2. The van der Waals surface area contributed by atoms with Crippen LogP contribution in [0.15, 0.2) is 12.2 Å². The zero-order valence-corrected chi connectivity index (χ0v) is 11.0. The van der Waals surface area contributed by atoms with Crippen LogP contribution in [-0.4, -0.2) is 25.2 Å². The van der Waals surface area contributed by atoms with Crippen LogP contribution in [0, 0.1) is 17.8 Å². The second-order valence-electron chi connectivity index (χ2n) is 4.75. The van der Waals surface area contributed by atoms with Gasteiger partial charge in [-0.25, -0.2) is 4.79 Å². The van der Waals surface area contributed by atoms with Gasteiger partial charge < -0.3 is 15.8 Å². The highest BCUT2D eigenvalue weighted by Crippen LogP contribution is 2.48. The topological polar surface area (TPSA) is 81.4 Å². The molecule has 0 heterocycles. The lowest BCUT2D eigenvalue weighted by Crippen LogP contribution is -2.34. The number of nitrogens with one attached hydrogen (secondary N) is 1. The van der Waals surface area contributed by atoms with E-state index >= 15 is 0 Å². The maximum absolute atomic E-state index is 11.2. The van der Waals surface area contributed by atoms with Gasteiger partial charge in [0.2, 0.25) is 5.91 Å². The van der Waals surface area contributed by atoms with Crippen molar-refractivity contribution < 1.29 is 14.3 Å². The smallest absolute Gasteiger partial charge is 0.407 e. The number of rotatable bonds is 7. The summed E-state index contributed by atoms with van der Waals surface area (Å²) in [5, 5.41) is 2.30. The summed E-state index contributed by atoms with van der Waals surface area (Å²) in [6.07, 6.45) is 5.86. The van der Waals surface area contributed by atoms with E-state index in [4.69, 9.17) is 10.5 Å². The number of primary amides is 1. The molecule has 18 heavy (non-hydrogen) atoms. The van der Waals surface area contributed by atoms with Gasteiger partial charge in [0.05, 0.1) is 13.2 Å². The van der Waals surface area contributed by atoms with Crippen molar-refractivity contribution in [1.82, 2.24) is 5.32 Å². The molecule has 0 radical (unpaired) electrons. The van der Waals surface area contributed by atoms with E-state index in [1.807, 2.05) is 6.92 Å². The van der Waals surface area contributed by atoms with Crippen LogP contribution in [0.4, 0.5) is 4.79 Å². The molecule has 1 aliphatic carbocycles. The number of nitrogens with two attached hydrogens (primary N) is 1. The van der Waals surface area contributed by atoms with E-state index in [2.05, 4.69) is 24.4 Å². The lowest BCUT2D eigenvalue weighted by atomic mass is 10.2. The molecule has 5 heteroatoms. The van der Waals surface area contributed by atoms with Crippen molar-refractivity contribution in [3.8, 4) is 0 Å². The first-order chi connectivity index (χ1) is 8.56. The molecule has 0 bridgehead atoms. The second kappa shape index (κ2) is 7.03. The van der Waals surface area contributed by atoms with Crippen LogP contribution < -0.4 is 11.1 Å². The molecular formula is C13H22N2O3. The number of ether oxygens (including phenoxy) is 1. The molecule has 0 aromatic carbocycles. The number of alkyl carbamates (subject to hydrolysis) is 1.